The molecule has 1 aromatic heterocycles. The second-order valence-corrected chi connectivity index (χ2v) is 14.5. The van der Waals surface area contributed by atoms with Gasteiger partial charge in [0.25, 0.3) is 5.91 Å². The maximum absolute atomic E-state index is 14.2. The van der Waals surface area contributed by atoms with Crippen molar-refractivity contribution in [1.82, 2.24) is 20.5 Å². The standard InChI is InChI=1S/C38H44N6O5/c1-37(2,3)48-35(46)42-27-17-15-26(16-18-27)41-34(45)32-30(21-39)29-19-14-24(33(40)43-36(47)49-38(4,5)6)20-31(29)44(32)22-25-12-9-11-23-10-7-8-13-28(23)25/h7-14,19-20,26-27H,15-18,22H2,1-6H3,(H,41,45)(H,42,46)(H2,40,43,47). The molecule has 4 aromatic rings. The van der Waals surface area contributed by atoms with E-state index in [1.54, 1.807) is 39.0 Å². The smallest absolute Gasteiger partial charge is 0.413 e. The van der Waals surface area contributed by atoms with Crippen LogP contribution in [0.1, 0.15) is 94.4 Å². The van der Waals surface area contributed by atoms with Gasteiger partial charge in [-0.15, -0.1) is 0 Å². The first-order valence-corrected chi connectivity index (χ1v) is 16.5. The van der Waals surface area contributed by atoms with Crippen molar-refractivity contribution < 1.29 is 23.9 Å². The van der Waals surface area contributed by atoms with Crippen LogP contribution in [0.25, 0.3) is 21.7 Å². The van der Waals surface area contributed by atoms with E-state index in [1.165, 1.54) is 0 Å². The summed E-state index contributed by atoms with van der Waals surface area (Å²) in [4.78, 5) is 38.9. The summed E-state index contributed by atoms with van der Waals surface area (Å²) in [6.45, 7) is 11.0. The van der Waals surface area contributed by atoms with Crippen LogP contribution in [0, 0.1) is 16.7 Å². The Kier molecular flexibility index (Phi) is 9.99. The molecule has 0 radical (unpaired) electrons. The third-order valence-electron chi connectivity index (χ3n) is 8.30. The van der Waals surface area contributed by atoms with E-state index in [2.05, 4.69) is 22.0 Å². The second kappa shape index (κ2) is 14.0. The fourth-order valence-corrected chi connectivity index (χ4v) is 6.21. The predicted octanol–water partition coefficient (Wildman–Crippen LogP) is 7.13. The van der Waals surface area contributed by atoms with Gasteiger partial charge in [0.05, 0.1) is 11.1 Å². The number of nitrogens with one attached hydrogen (secondary N) is 4. The first-order valence-electron chi connectivity index (χ1n) is 16.5. The SMILES string of the molecule is CC(C)(C)OC(=O)NC(=N)c1ccc2c(C#N)c(C(=O)NC3CCC(NC(=O)OC(C)(C)C)CC3)n(Cc3cccc4ccccc34)c2c1. The Bertz CT molecular complexity index is 1950. The number of amides is 3. The molecule has 11 heteroatoms. The third kappa shape index (κ3) is 8.57. The van der Waals surface area contributed by atoms with Crippen molar-refractivity contribution in [2.75, 3.05) is 0 Å². The van der Waals surface area contributed by atoms with E-state index in [0.717, 1.165) is 16.3 Å². The molecule has 3 amide bonds. The van der Waals surface area contributed by atoms with Crippen LogP contribution < -0.4 is 16.0 Å². The van der Waals surface area contributed by atoms with Crippen LogP contribution in [0.5, 0.6) is 0 Å². The number of ether oxygens (including phenoxy) is 2. The number of benzene rings is 3. The summed E-state index contributed by atoms with van der Waals surface area (Å²) in [5.74, 6) is -0.546. The monoisotopic (exact) mass is 664 g/mol. The number of amidine groups is 1. The number of carbonyl (C=O) groups is 3. The Hall–Kier alpha value is -5.37. The van der Waals surface area contributed by atoms with Crippen LogP contribution >= 0.6 is 0 Å². The lowest BCUT2D eigenvalue weighted by molar-refractivity contribution is 0.0486. The van der Waals surface area contributed by atoms with Gasteiger partial charge < -0.3 is 24.7 Å². The number of aromatic nitrogens is 1. The van der Waals surface area contributed by atoms with Crippen LogP contribution in [-0.4, -0.2) is 51.8 Å². The van der Waals surface area contributed by atoms with Gasteiger partial charge >= 0.3 is 12.2 Å². The largest absolute Gasteiger partial charge is 0.444 e. The van der Waals surface area contributed by atoms with Gasteiger partial charge in [0.15, 0.2) is 0 Å². The molecule has 1 aliphatic rings. The molecule has 3 aromatic carbocycles. The lowest BCUT2D eigenvalue weighted by Crippen LogP contribution is -2.45. The molecule has 1 saturated carbocycles. The van der Waals surface area contributed by atoms with Gasteiger partial charge in [-0.05, 0) is 89.6 Å². The van der Waals surface area contributed by atoms with Crippen LogP contribution in [-0.2, 0) is 16.0 Å². The predicted molar refractivity (Wildman–Crippen MR) is 189 cm³/mol. The lowest BCUT2D eigenvalue weighted by atomic mass is 9.91. The number of alkyl carbamates (subject to hydrolysis) is 2. The van der Waals surface area contributed by atoms with Crippen LogP contribution in [0.2, 0.25) is 0 Å². The number of carbonyl (C=O) groups excluding carboxylic acids is 3. The maximum Gasteiger partial charge on any atom is 0.413 e. The topological polar surface area (TPSA) is 158 Å². The molecule has 11 nitrogen and oxygen atoms in total. The highest BCUT2D eigenvalue weighted by molar-refractivity contribution is 6.09. The fourth-order valence-electron chi connectivity index (χ4n) is 6.21. The molecule has 0 aliphatic heterocycles. The minimum atomic E-state index is -0.752. The highest BCUT2D eigenvalue weighted by atomic mass is 16.6. The van der Waals surface area contributed by atoms with E-state index in [4.69, 9.17) is 14.9 Å². The Balaban J connectivity index is 1.46. The van der Waals surface area contributed by atoms with Crippen molar-refractivity contribution in [1.29, 1.82) is 10.7 Å². The molecule has 256 valence electrons. The molecule has 5 rings (SSSR count). The molecule has 0 spiro atoms. The van der Waals surface area contributed by atoms with Gasteiger partial charge in [0.1, 0.15) is 28.8 Å². The van der Waals surface area contributed by atoms with E-state index in [9.17, 15) is 19.6 Å². The number of rotatable bonds is 6. The molecule has 1 fully saturated rings. The van der Waals surface area contributed by atoms with Gasteiger partial charge in [-0.25, -0.2) is 9.59 Å². The summed E-state index contributed by atoms with van der Waals surface area (Å²) in [5, 5.41) is 30.2. The van der Waals surface area contributed by atoms with Gasteiger partial charge in [-0.2, -0.15) is 5.26 Å². The molecule has 1 heterocycles. The molecule has 1 aliphatic carbocycles. The van der Waals surface area contributed by atoms with Gasteiger partial charge in [-0.3, -0.25) is 15.5 Å². The van der Waals surface area contributed by atoms with Crippen molar-refractivity contribution in [2.24, 2.45) is 0 Å². The van der Waals surface area contributed by atoms with Gasteiger partial charge in [-0.1, -0.05) is 54.6 Å². The Morgan fingerprint density at radius 2 is 1.45 bits per heavy atom. The van der Waals surface area contributed by atoms with Gasteiger partial charge in [0, 0.05) is 29.6 Å². The lowest BCUT2D eigenvalue weighted by Gasteiger charge is -2.30. The molecule has 0 bridgehead atoms. The highest BCUT2D eigenvalue weighted by Gasteiger charge is 2.29. The summed E-state index contributed by atoms with van der Waals surface area (Å²) in [5.41, 5.74) is 1.05. The minimum Gasteiger partial charge on any atom is -0.444 e. The summed E-state index contributed by atoms with van der Waals surface area (Å²) in [7, 11) is 0. The molecular formula is C38H44N6O5. The van der Waals surface area contributed by atoms with E-state index in [-0.39, 0.29) is 41.6 Å². The number of nitrogens with zero attached hydrogens (tertiary/aromatic N) is 2. The van der Waals surface area contributed by atoms with Crippen molar-refractivity contribution in [3.05, 3.63) is 83.0 Å². The van der Waals surface area contributed by atoms with Crippen molar-refractivity contribution in [3.8, 4) is 6.07 Å². The molecule has 49 heavy (non-hydrogen) atoms. The summed E-state index contributed by atoms with van der Waals surface area (Å²) in [6.07, 6.45) is 1.43. The average molecular weight is 665 g/mol. The Morgan fingerprint density at radius 1 is 0.837 bits per heavy atom. The Morgan fingerprint density at radius 3 is 2.10 bits per heavy atom. The molecule has 0 unspecified atom stereocenters. The van der Waals surface area contributed by atoms with Crippen LogP contribution in [0.4, 0.5) is 9.59 Å². The van der Waals surface area contributed by atoms with Crippen molar-refractivity contribution >= 4 is 45.6 Å². The molecule has 4 N–H and O–H groups in total. The zero-order chi connectivity index (χ0) is 35.5. The van der Waals surface area contributed by atoms with Crippen LogP contribution in [0.15, 0.2) is 60.7 Å². The summed E-state index contributed by atoms with van der Waals surface area (Å²) >= 11 is 0. The van der Waals surface area contributed by atoms with E-state index >= 15 is 0 Å². The van der Waals surface area contributed by atoms with Crippen molar-refractivity contribution in [2.45, 2.75) is 97.1 Å². The number of fused-ring (bicyclic) bond motifs is 2. The summed E-state index contributed by atoms with van der Waals surface area (Å²) < 4.78 is 12.6. The normalized spacial score (nSPS) is 16.4. The third-order valence-corrected chi connectivity index (χ3v) is 8.30. The van der Waals surface area contributed by atoms with Crippen molar-refractivity contribution in [3.63, 3.8) is 0 Å². The molecular weight excluding hydrogens is 620 g/mol. The number of nitriles is 1. The zero-order valence-corrected chi connectivity index (χ0v) is 28.9. The Labute approximate surface area is 286 Å². The first-order chi connectivity index (χ1) is 23.1. The number of hydrogen-bond acceptors (Lipinski definition) is 7. The maximum atomic E-state index is 14.2. The van der Waals surface area contributed by atoms with E-state index < -0.39 is 23.4 Å². The number of hydrogen-bond donors (Lipinski definition) is 4. The highest BCUT2D eigenvalue weighted by Crippen LogP contribution is 2.31. The van der Waals surface area contributed by atoms with E-state index in [1.807, 2.05) is 67.8 Å². The minimum absolute atomic E-state index is 0.0569. The zero-order valence-electron chi connectivity index (χ0n) is 28.9. The molecule has 0 saturated heterocycles. The van der Waals surface area contributed by atoms with Gasteiger partial charge in [0.2, 0.25) is 0 Å². The molecule has 0 atom stereocenters. The second-order valence-electron chi connectivity index (χ2n) is 14.5. The summed E-state index contributed by atoms with van der Waals surface area (Å²) in [6, 6.07) is 21.1. The fraction of sp³-hybridized carbons (Fsp3) is 0.395. The van der Waals surface area contributed by atoms with E-state index in [0.29, 0.717) is 42.1 Å². The quantitative estimate of drug-likeness (QED) is 0.127. The van der Waals surface area contributed by atoms with Crippen LogP contribution in [0.3, 0.4) is 0 Å². The average Bonchev–Trinajstić information content (AvgIpc) is 3.32. The first kappa shape index (κ1) is 35.0.